The Hall–Kier alpha value is -4.08. The van der Waals surface area contributed by atoms with Crippen molar-refractivity contribution < 1.29 is 28.7 Å². The van der Waals surface area contributed by atoms with Crippen molar-refractivity contribution in [2.75, 3.05) is 33.9 Å². The Morgan fingerprint density at radius 2 is 1.81 bits per heavy atom. The summed E-state index contributed by atoms with van der Waals surface area (Å²) in [4.78, 5) is 35.9. The minimum atomic E-state index is -0.580. The summed E-state index contributed by atoms with van der Waals surface area (Å²) in [5.74, 6) is 0.325. The van der Waals surface area contributed by atoms with Gasteiger partial charge in [-0.2, -0.15) is 0 Å². The summed E-state index contributed by atoms with van der Waals surface area (Å²) in [5.41, 5.74) is 0.418. The zero-order chi connectivity index (χ0) is 23.1. The molecule has 1 aliphatic heterocycles. The Kier molecular flexibility index (Phi) is 7.27. The fraction of sp³-hybridized carbons (Fsp3) is 0.273. The SMILES string of the molecule is COc1ccc(OC)c(C=CC(=O)N2CCCN2C(=O)COc2ccccc2[N+](=O)[O-])c1. The van der Waals surface area contributed by atoms with Crippen molar-refractivity contribution in [1.82, 2.24) is 10.0 Å². The highest BCUT2D eigenvalue weighted by Gasteiger charge is 2.30. The predicted molar refractivity (Wildman–Crippen MR) is 115 cm³/mol. The Balaban J connectivity index is 1.67. The molecule has 0 unspecified atom stereocenters. The fourth-order valence-electron chi connectivity index (χ4n) is 3.26. The lowest BCUT2D eigenvalue weighted by atomic mass is 10.1. The van der Waals surface area contributed by atoms with Crippen molar-refractivity contribution in [2.45, 2.75) is 6.42 Å². The van der Waals surface area contributed by atoms with Crippen LogP contribution in [-0.2, 0) is 9.59 Å². The summed E-state index contributed by atoms with van der Waals surface area (Å²) in [6.07, 6.45) is 3.56. The first kappa shape index (κ1) is 22.6. The third-order valence-corrected chi connectivity index (χ3v) is 4.83. The number of nitrogens with zero attached hydrogens (tertiary/aromatic N) is 3. The first-order valence-electron chi connectivity index (χ1n) is 9.82. The second-order valence-electron chi connectivity index (χ2n) is 6.79. The van der Waals surface area contributed by atoms with Crippen LogP contribution < -0.4 is 14.2 Å². The average molecular weight is 441 g/mol. The van der Waals surface area contributed by atoms with E-state index in [0.29, 0.717) is 36.6 Å². The molecule has 2 amide bonds. The molecule has 0 saturated carbocycles. The summed E-state index contributed by atoms with van der Waals surface area (Å²) in [7, 11) is 3.07. The van der Waals surface area contributed by atoms with E-state index in [1.165, 1.54) is 41.4 Å². The highest BCUT2D eigenvalue weighted by atomic mass is 16.6. The molecule has 0 bridgehead atoms. The summed E-state index contributed by atoms with van der Waals surface area (Å²) >= 11 is 0. The molecular formula is C22H23N3O7. The molecule has 0 N–H and O–H groups in total. The van der Waals surface area contributed by atoms with Crippen LogP contribution in [0.5, 0.6) is 17.2 Å². The van der Waals surface area contributed by atoms with E-state index in [9.17, 15) is 19.7 Å². The zero-order valence-electron chi connectivity index (χ0n) is 17.7. The number of hydrazine groups is 1. The van der Waals surface area contributed by atoms with E-state index in [4.69, 9.17) is 14.2 Å². The van der Waals surface area contributed by atoms with Gasteiger partial charge in [-0.05, 0) is 36.8 Å². The van der Waals surface area contributed by atoms with Gasteiger partial charge in [0.05, 0.1) is 19.1 Å². The molecule has 0 radical (unpaired) electrons. The topological polar surface area (TPSA) is 111 Å². The molecule has 1 saturated heterocycles. The number of ether oxygens (including phenoxy) is 3. The maximum Gasteiger partial charge on any atom is 0.310 e. The van der Waals surface area contributed by atoms with Gasteiger partial charge in [0.15, 0.2) is 12.4 Å². The number of benzene rings is 2. The Morgan fingerprint density at radius 3 is 2.53 bits per heavy atom. The highest BCUT2D eigenvalue weighted by molar-refractivity contribution is 5.94. The lowest BCUT2D eigenvalue weighted by molar-refractivity contribution is -0.385. The molecular weight excluding hydrogens is 418 g/mol. The normalized spacial score (nSPS) is 13.3. The number of carbonyl (C=O) groups excluding carboxylic acids is 2. The van der Waals surface area contributed by atoms with E-state index in [2.05, 4.69) is 0 Å². The van der Waals surface area contributed by atoms with Gasteiger partial charge < -0.3 is 14.2 Å². The van der Waals surface area contributed by atoms with Gasteiger partial charge in [0.2, 0.25) is 0 Å². The number of methoxy groups -OCH3 is 2. The molecule has 3 rings (SSSR count). The van der Waals surface area contributed by atoms with Gasteiger partial charge >= 0.3 is 5.69 Å². The molecule has 0 aliphatic carbocycles. The van der Waals surface area contributed by atoms with E-state index in [1.54, 1.807) is 37.5 Å². The Morgan fingerprint density at radius 1 is 1.06 bits per heavy atom. The van der Waals surface area contributed by atoms with Crippen molar-refractivity contribution >= 4 is 23.6 Å². The Labute approximate surface area is 184 Å². The van der Waals surface area contributed by atoms with Crippen LogP contribution in [0.1, 0.15) is 12.0 Å². The molecule has 1 aliphatic rings. The first-order valence-corrected chi connectivity index (χ1v) is 9.82. The number of rotatable bonds is 8. The molecule has 2 aromatic carbocycles. The van der Waals surface area contributed by atoms with Gasteiger partial charge in [0.1, 0.15) is 11.5 Å². The molecule has 32 heavy (non-hydrogen) atoms. The molecule has 10 heteroatoms. The van der Waals surface area contributed by atoms with Crippen molar-refractivity contribution in [3.8, 4) is 17.2 Å². The Bertz CT molecular complexity index is 1040. The van der Waals surface area contributed by atoms with E-state index in [1.807, 2.05) is 0 Å². The van der Waals surface area contributed by atoms with Crippen molar-refractivity contribution in [1.29, 1.82) is 0 Å². The number of nitro benzene ring substituents is 1. The summed E-state index contributed by atoms with van der Waals surface area (Å²) < 4.78 is 15.9. The largest absolute Gasteiger partial charge is 0.497 e. The standard InChI is InChI=1S/C22H23N3O7/c1-30-17-9-10-19(31-2)16(14-17)8-11-21(26)23-12-5-13-24(23)22(27)15-32-20-7-4-3-6-18(20)25(28)29/h3-4,6-11,14H,5,12-13,15H2,1-2H3. The predicted octanol–water partition coefficient (Wildman–Crippen LogP) is 2.68. The zero-order valence-corrected chi connectivity index (χ0v) is 17.7. The van der Waals surface area contributed by atoms with Crippen LogP contribution >= 0.6 is 0 Å². The van der Waals surface area contributed by atoms with E-state index < -0.39 is 17.4 Å². The lowest BCUT2D eigenvalue weighted by Crippen LogP contribution is -2.46. The summed E-state index contributed by atoms with van der Waals surface area (Å²) in [6.45, 7) is 0.291. The van der Waals surface area contributed by atoms with Crippen molar-refractivity contribution in [3.05, 3.63) is 64.2 Å². The number of para-hydroxylation sites is 2. The number of nitro groups is 1. The monoisotopic (exact) mass is 441 g/mol. The number of amides is 2. The number of hydrogen-bond acceptors (Lipinski definition) is 7. The fourth-order valence-corrected chi connectivity index (χ4v) is 3.26. The quantitative estimate of drug-likeness (QED) is 0.352. The lowest BCUT2D eigenvalue weighted by Gasteiger charge is -2.26. The minimum Gasteiger partial charge on any atom is -0.497 e. The molecule has 0 aromatic heterocycles. The summed E-state index contributed by atoms with van der Waals surface area (Å²) in [5, 5.41) is 13.7. The van der Waals surface area contributed by atoms with Crippen LogP contribution in [0.3, 0.4) is 0 Å². The molecule has 168 valence electrons. The van der Waals surface area contributed by atoms with Crippen LogP contribution in [0.25, 0.3) is 6.08 Å². The number of carbonyl (C=O) groups is 2. The van der Waals surface area contributed by atoms with Gasteiger partial charge in [-0.3, -0.25) is 19.7 Å². The molecule has 0 spiro atoms. The molecule has 2 aromatic rings. The van der Waals surface area contributed by atoms with Crippen molar-refractivity contribution in [3.63, 3.8) is 0 Å². The van der Waals surface area contributed by atoms with Crippen LogP contribution in [0.2, 0.25) is 0 Å². The molecule has 1 heterocycles. The first-order chi connectivity index (χ1) is 15.4. The van der Waals surface area contributed by atoms with Crippen molar-refractivity contribution in [2.24, 2.45) is 0 Å². The molecule has 0 atom stereocenters. The van der Waals surface area contributed by atoms with Crippen LogP contribution in [-0.4, -0.2) is 60.7 Å². The average Bonchev–Trinajstić information content (AvgIpc) is 3.31. The third-order valence-electron chi connectivity index (χ3n) is 4.83. The van der Waals surface area contributed by atoms with Gasteiger partial charge in [-0.25, -0.2) is 10.0 Å². The second-order valence-corrected chi connectivity index (χ2v) is 6.79. The van der Waals surface area contributed by atoms with Crippen LogP contribution in [0.4, 0.5) is 5.69 Å². The van der Waals surface area contributed by atoms with E-state index in [0.717, 1.165) is 0 Å². The highest BCUT2D eigenvalue weighted by Crippen LogP contribution is 2.27. The molecule has 10 nitrogen and oxygen atoms in total. The van der Waals surface area contributed by atoms with E-state index >= 15 is 0 Å². The van der Waals surface area contributed by atoms with Crippen LogP contribution in [0, 0.1) is 10.1 Å². The van der Waals surface area contributed by atoms with E-state index in [-0.39, 0.29) is 17.3 Å². The smallest absolute Gasteiger partial charge is 0.310 e. The second kappa shape index (κ2) is 10.3. The van der Waals surface area contributed by atoms with Gasteiger partial charge in [0.25, 0.3) is 11.8 Å². The molecule has 1 fully saturated rings. The van der Waals surface area contributed by atoms with Gasteiger partial charge in [-0.1, -0.05) is 12.1 Å². The third kappa shape index (κ3) is 5.15. The van der Waals surface area contributed by atoms with Crippen LogP contribution in [0.15, 0.2) is 48.5 Å². The maximum absolute atomic E-state index is 12.7. The minimum absolute atomic E-state index is 0.00654. The number of hydrogen-bond donors (Lipinski definition) is 0. The maximum atomic E-state index is 12.7. The van der Waals surface area contributed by atoms with Gasteiger partial charge in [-0.15, -0.1) is 0 Å². The van der Waals surface area contributed by atoms with Gasteiger partial charge in [0, 0.05) is 30.8 Å². The summed E-state index contributed by atoms with van der Waals surface area (Å²) in [6, 6.07) is 11.0.